The molecule has 0 aliphatic heterocycles. The Hall–Kier alpha value is -1.80. The first-order valence-electron chi connectivity index (χ1n) is 5.68. The van der Waals surface area contributed by atoms with Crippen molar-refractivity contribution in [3.63, 3.8) is 0 Å². The molecule has 88 valence electrons. The van der Waals surface area contributed by atoms with E-state index >= 15 is 0 Å². The highest BCUT2D eigenvalue weighted by atomic mass is 16.5. The number of ether oxygens (including phenoxy) is 1. The molecular formula is C15H17NO. The largest absolute Gasteiger partial charge is 0.497 e. The summed E-state index contributed by atoms with van der Waals surface area (Å²) in [4.78, 5) is 0. The summed E-state index contributed by atoms with van der Waals surface area (Å²) in [6, 6.07) is 14.4. The molecule has 2 N–H and O–H groups in total. The quantitative estimate of drug-likeness (QED) is 0.874. The number of benzene rings is 2. The van der Waals surface area contributed by atoms with Crippen LogP contribution in [0.5, 0.6) is 5.75 Å². The number of nitrogens with two attached hydrogens (primary N) is 1. The van der Waals surface area contributed by atoms with Gasteiger partial charge in [0.2, 0.25) is 0 Å². The van der Waals surface area contributed by atoms with Crippen molar-refractivity contribution in [2.45, 2.75) is 13.5 Å². The lowest BCUT2D eigenvalue weighted by Crippen LogP contribution is -1.99. The van der Waals surface area contributed by atoms with E-state index in [1.165, 1.54) is 22.3 Å². The normalized spacial score (nSPS) is 10.3. The Bertz CT molecular complexity index is 503. The Morgan fingerprint density at radius 3 is 2.24 bits per heavy atom. The summed E-state index contributed by atoms with van der Waals surface area (Å²) in [7, 11) is 1.67. The van der Waals surface area contributed by atoms with E-state index in [1.807, 2.05) is 12.1 Å². The fourth-order valence-electron chi connectivity index (χ4n) is 1.85. The molecule has 0 amide bonds. The number of hydrogen-bond acceptors (Lipinski definition) is 2. The molecule has 2 nitrogen and oxygen atoms in total. The molecule has 2 rings (SSSR count). The Balaban J connectivity index is 2.38. The molecule has 0 aromatic heterocycles. The molecule has 0 unspecified atom stereocenters. The third-order valence-corrected chi connectivity index (χ3v) is 2.99. The van der Waals surface area contributed by atoms with Gasteiger partial charge in [-0.25, -0.2) is 0 Å². The predicted octanol–water partition coefficient (Wildman–Crippen LogP) is 3.13. The van der Waals surface area contributed by atoms with Gasteiger partial charge in [0.1, 0.15) is 5.75 Å². The molecule has 2 aromatic rings. The molecule has 0 bridgehead atoms. The average molecular weight is 227 g/mol. The van der Waals surface area contributed by atoms with Gasteiger partial charge in [-0.2, -0.15) is 0 Å². The van der Waals surface area contributed by atoms with Gasteiger partial charge < -0.3 is 10.5 Å². The van der Waals surface area contributed by atoms with Crippen LogP contribution in [0.2, 0.25) is 0 Å². The minimum Gasteiger partial charge on any atom is -0.497 e. The molecular weight excluding hydrogens is 210 g/mol. The van der Waals surface area contributed by atoms with Crippen LogP contribution >= 0.6 is 0 Å². The van der Waals surface area contributed by atoms with Crippen molar-refractivity contribution in [2.24, 2.45) is 5.73 Å². The predicted molar refractivity (Wildman–Crippen MR) is 71.1 cm³/mol. The molecule has 0 fully saturated rings. The number of methoxy groups -OCH3 is 1. The fourth-order valence-corrected chi connectivity index (χ4v) is 1.85. The van der Waals surface area contributed by atoms with Gasteiger partial charge >= 0.3 is 0 Å². The molecule has 2 aromatic carbocycles. The van der Waals surface area contributed by atoms with E-state index in [-0.39, 0.29) is 0 Å². The molecule has 0 saturated carbocycles. The highest BCUT2D eigenvalue weighted by Gasteiger charge is 2.01. The first-order chi connectivity index (χ1) is 8.24. The van der Waals surface area contributed by atoms with Crippen LogP contribution in [-0.2, 0) is 6.54 Å². The number of rotatable bonds is 3. The molecule has 17 heavy (non-hydrogen) atoms. The lowest BCUT2D eigenvalue weighted by Gasteiger charge is -2.08. The van der Waals surface area contributed by atoms with Crippen LogP contribution < -0.4 is 10.5 Å². The van der Waals surface area contributed by atoms with Crippen LogP contribution in [0.15, 0.2) is 42.5 Å². The van der Waals surface area contributed by atoms with Crippen molar-refractivity contribution in [1.82, 2.24) is 0 Å². The Morgan fingerprint density at radius 1 is 1.00 bits per heavy atom. The Morgan fingerprint density at radius 2 is 1.65 bits per heavy atom. The maximum Gasteiger partial charge on any atom is 0.118 e. The monoisotopic (exact) mass is 227 g/mol. The molecule has 0 heterocycles. The summed E-state index contributed by atoms with van der Waals surface area (Å²) in [6.07, 6.45) is 0. The summed E-state index contributed by atoms with van der Waals surface area (Å²) in [6.45, 7) is 2.66. The van der Waals surface area contributed by atoms with Crippen molar-refractivity contribution in [1.29, 1.82) is 0 Å². The zero-order chi connectivity index (χ0) is 12.3. The standard InChI is InChI=1S/C15H17NO/c1-11-3-4-13(9-14(11)10-16)12-5-7-15(17-2)8-6-12/h3-9H,10,16H2,1-2H3. The minimum atomic E-state index is 0.579. The van der Waals surface area contributed by atoms with Crippen LogP contribution in [0, 0.1) is 6.92 Å². The smallest absolute Gasteiger partial charge is 0.118 e. The van der Waals surface area contributed by atoms with Gasteiger partial charge in [-0.15, -0.1) is 0 Å². The first-order valence-corrected chi connectivity index (χ1v) is 5.68. The van der Waals surface area contributed by atoms with E-state index in [9.17, 15) is 0 Å². The molecule has 2 heteroatoms. The van der Waals surface area contributed by atoms with Gasteiger partial charge in [0.15, 0.2) is 0 Å². The van der Waals surface area contributed by atoms with E-state index in [4.69, 9.17) is 10.5 Å². The van der Waals surface area contributed by atoms with Crippen molar-refractivity contribution in [3.8, 4) is 16.9 Å². The maximum atomic E-state index is 5.72. The van der Waals surface area contributed by atoms with Gasteiger partial charge in [0.05, 0.1) is 7.11 Å². The molecule has 0 radical (unpaired) electrons. The highest BCUT2D eigenvalue weighted by Crippen LogP contribution is 2.24. The second kappa shape index (κ2) is 5.02. The molecule has 0 spiro atoms. The van der Waals surface area contributed by atoms with E-state index in [0.29, 0.717) is 6.54 Å². The summed E-state index contributed by atoms with van der Waals surface area (Å²) in [5.41, 5.74) is 10.5. The van der Waals surface area contributed by atoms with E-state index in [1.54, 1.807) is 7.11 Å². The van der Waals surface area contributed by atoms with Crippen molar-refractivity contribution in [3.05, 3.63) is 53.6 Å². The van der Waals surface area contributed by atoms with Gasteiger partial charge in [0.25, 0.3) is 0 Å². The highest BCUT2D eigenvalue weighted by molar-refractivity contribution is 5.65. The second-order valence-electron chi connectivity index (χ2n) is 4.07. The lowest BCUT2D eigenvalue weighted by molar-refractivity contribution is 0.415. The van der Waals surface area contributed by atoms with E-state index in [0.717, 1.165) is 5.75 Å². The van der Waals surface area contributed by atoms with Crippen molar-refractivity contribution in [2.75, 3.05) is 7.11 Å². The van der Waals surface area contributed by atoms with E-state index in [2.05, 4.69) is 37.3 Å². The van der Waals surface area contributed by atoms with Crippen LogP contribution in [0.3, 0.4) is 0 Å². The summed E-state index contributed by atoms with van der Waals surface area (Å²) >= 11 is 0. The first kappa shape index (κ1) is 11.7. The Labute approximate surface area is 102 Å². The molecule has 0 aliphatic carbocycles. The third kappa shape index (κ3) is 2.48. The topological polar surface area (TPSA) is 35.2 Å². The fraction of sp³-hybridized carbons (Fsp3) is 0.200. The van der Waals surface area contributed by atoms with Crippen molar-refractivity contribution < 1.29 is 4.74 Å². The summed E-state index contributed by atoms with van der Waals surface area (Å²) in [5, 5.41) is 0. The van der Waals surface area contributed by atoms with Gasteiger partial charge in [-0.05, 0) is 47.4 Å². The zero-order valence-electron chi connectivity index (χ0n) is 10.2. The van der Waals surface area contributed by atoms with Crippen LogP contribution in [-0.4, -0.2) is 7.11 Å². The van der Waals surface area contributed by atoms with E-state index < -0.39 is 0 Å². The van der Waals surface area contributed by atoms with Crippen molar-refractivity contribution >= 4 is 0 Å². The third-order valence-electron chi connectivity index (χ3n) is 2.99. The average Bonchev–Trinajstić information content (AvgIpc) is 2.39. The molecule has 0 saturated heterocycles. The van der Waals surface area contributed by atoms with Crippen LogP contribution in [0.1, 0.15) is 11.1 Å². The van der Waals surface area contributed by atoms with Gasteiger partial charge in [0, 0.05) is 6.54 Å². The maximum absolute atomic E-state index is 5.72. The van der Waals surface area contributed by atoms with Gasteiger partial charge in [-0.1, -0.05) is 24.3 Å². The van der Waals surface area contributed by atoms with Crippen LogP contribution in [0.4, 0.5) is 0 Å². The lowest BCUT2D eigenvalue weighted by atomic mass is 10.00. The molecule has 0 aliphatic rings. The SMILES string of the molecule is COc1ccc(-c2ccc(C)c(CN)c2)cc1. The second-order valence-corrected chi connectivity index (χ2v) is 4.07. The Kier molecular flexibility index (Phi) is 3.45. The minimum absolute atomic E-state index is 0.579. The van der Waals surface area contributed by atoms with Gasteiger partial charge in [-0.3, -0.25) is 0 Å². The molecule has 0 atom stereocenters. The summed E-state index contributed by atoms with van der Waals surface area (Å²) < 4.78 is 5.15. The summed E-state index contributed by atoms with van der Waals surface area (Å²) in [5.74, 6) is 0.875. The number of aryl methyl sites for hydroxylation is 1. The number of hydrogen-bond donors (Lipinski definition) is 1. The van der Waals surface area contributed by atoms with Crippen LogP contribution in [0.25, 0.3) is 11.1 Å². The zero-order valence-corrected chi connectivity index (χ0v) is 10.2.